The average molecular weight is 118 g/mol. The number of hydrogen-bond donors (Lipinski definition) is 0. The van der Waals surface area contributed by atoms with E-state index < -0.39 is 7.41 Å². The van der Waals surface area contributed by atoms with Crippen molar-refractivity contribution in [3.8, 4) is 0 Å². The van der Waals surface area contributed by atoms with E-state index in [0.717, 1.165) is 0 Å². The molecule has 0 amide bonds. The first-order chi connectivity index (χ1) is 3.11. The largest absolute Gasteiger partial charge is 0.178 e. The van der Waals surface area contributed by atoms with E-state index in [2.05, 4.69) is 24.7 Å². The molecule has 7 heavy (non-hydrogen) atoms. The zero-order chi connectivity index (χ0) is 5.49. The first kappa shape index (κ1) is 5.53. The van der Waals surface area contributed by atoms with E-state index in [1.807, 2.05) is 0 Å². The Labute approximate surface area is 46.1 Å². The predicted molar refractivity (Wildman–Crippen MR) is 36.3 cm³/mol. The highest BCUT2D eigenvalue weighted by Crippen LogP contribution is 2.54. The van der Waals surface area contributed by atoms with Crippen molar-refractivity contribution in [2.75, 3.05) is 33.1 Å². The van der Waals surface area contributed by atoms with Crippen molar-refractivity contribution in [3.05, 3.63) is 0 Å². The molecule has 0 aromatic carbocycles. The van der Waals surface area contributed by atoms with Crippen LogP contribution >= 0.6 is 7.41 Å². The SMILES string of the molecule is C[P+](C)(C)N1CC1. The third kappa shape index (κ3) is 1.40. The second-order valence-corrected chi connectivity index (χ2v) is 7.34. The van der Waals surface area contributed by atoms with E-state index in [9.17, 15) is 0 Å². The van der Waals surface area contributed by atoms with Gasteiger partial charge >= 0.3 is 0 Å². The Morgan fingerprint density at radius 3 is 1.57 bits per heavy atom. The van der Waals surface area contributed by atoms with Crippen molar-refractivity contribution in [2.45, 2.75) is 0 Å². The van der Waals surface area contributed by atoms with Crippen molar-refractivity contribution in [3.63, 3.8) is 0 Å². The second-order valence-electron chi connectivity index (χ2n) is 2.90. The van der Waals surface area contributed by atoms with Crippen LogP contribution in [-0.4, -0.2) is 37.8 Å². The minimum atomic E-state index is -0.543. The van der Waals surface area contributed by atoms with E-state index in [1.54, 1.807) is 0 Å². The van der Waals surface area contributed by atoms with Crippen molar-refractivity contribution in [1.29, 1.82) is 0 Å². The van der Waals surface area contributed by atoms with Crippen LogP contribution in [0, 0.1) is 0 Å². The van der Waals surface area contributed by atoms with Gasteiger partial charge in [0.2, 0.25) is 0 Å². The Morgan fingerprint density at radius 1 is 1.14 bits per heavy atom. The number of hydrogen-bond acceptors (Lipinski definition) is 1. The minimum Gasteiger partial charge on any atom is -0.178 e. The van der Waals surface area contributed by atoms with Crippen LogP contribution in [0.15, 0.2) is 0 Å². The fourth-order valence-electron chi connectivity index (χ4n) is 0.645. The first-order valence-electron chi connectivity index (χ1n) is 2.67. The van der Waals surface area contributed by atoms with Gasteiger partial charge in [-0.15, -0.1) is 0 Å². The van der Waals surface area contributed by atoms with Gasteiger partial charge in [0, 0.05) is 13.1 Å². The van der Waals surface area contributed by atoms with Crippen LogP contribution in [0.4, 0.5) is 0 Å². The molecule has 1 aliphatic heterocycles. The van der Waals surface area contributed by atoms with Gasteiger partial charge in [-0.2, -0.15) is 4.67 Å². The van der Waals surface area contributed by atoms with Crippen molar-refractivity contribution in [1.82, 2.24) is 4.67 Å². The molecule has 0 aromatic rings. The summed E-state index contributed by atoms with van der Waals surface area (Å²) in [7, 11) is -0.543. The van der Waals surface area contributed by atoms with Gasteiger partial charge in [0.1, 0.15) is 0 Å². The summed E-state index contributed by atoms with van der Waals surface area (Å²) in [6.45, 7) is 9.80. The van der Waals surface area contributed by atoms with Crippen molar-refractivity contribution in [2.24, 2.45) is 0 Å². The molecule has 0 aromatic heterocycles. The molecule has 2 heteroatoms. The molecular formula is C5H13NP+. The molecule has 0 atom stereocenters. The lowest BCUT2D eigenvalue weighted by molar-refractivity contribution is 0.908. The topological polar surface area (TPSA) is 3.01 Å². The normalized spacial score (nSPS) is 22.7. The van der Waals surface area contributed by atoms with Gasteiger partial charge in [0.15, 0.2) is 0 Å². The molecule has 0 radical (unpaired) electrons. The maximum Gasteiger partial charge on any atom is 0.0742 e. The van der Waals surface area contributed by atoms with E-state index in [4.69, 9.17) is 0 Å². The summed E-state index contributed by atoms with van der Waals surface area (Å²) in [5, 5.41) is 0. The van der Waals surface area contributed by atoms with Crippen LogP contribution in [-0.2, 0) is 0 Å². The molecule has 1 saturated heterocycles. The van der Waals surface area contributed by atoms with Crippen molar-refractivity contribution < 1.29 is 0 Å². The second kappa shape index (κ2) is 1.43. The molecule has 0 unspecified atom stereocenters. The highest BCUT2D eigenvalue weighted by molar-refractivity contribution is 7.71. The van der Waals surface area contributed by atoms with Crippen LogP contribution in [0.2, 0.25) is 0 Å². The highest BCUT2D eigenvalue weighted by Gasteiger charge is 2.37. The molecule has 42 valence electrons. The van der Waals surface area contributed by atoms with Gasteiger partial charge in [-0.25, -0.2) is 0 Å². The smallest absolute Gasteiger partial charge is 0.0742 e. The third-order valence-corrected chi connectivity index (χ3v) is 3.37. The van der Waals surface area contributed by atoms with Gasteiger partial charge in [0.05, 0.1) is 27.4 Å². The highest BCUT2D eigenvalue weighted by atomic mass is 31.2. The van der Waals surface area contributed by atoms with E-state index >= 15 is 0 Å². The lowest BCUT2D eigenvalue weighted by atomic mass is 11.0. The maximum atomic E-state index is 2.55. The zero-order valence-corrected chi connectivity index (χ0v) is 6.20. The number of rotatable bonds is 1. The zero-order valence-electron chi connectivity index (χ0n) is 5.31. The fourth-order valence-corrected chi connectivity index (χ4v) is 1.93. The molecule has 0 saturated carbocycles. The summed E-state index contributed by atoms with van der Waals surface area (Å²) in [4.78, 5) is 0. The van der Waals surface area contributed by atoms with Gasteiger partial charge in [0.25, 0.3) is 0 Å². The summed E-state index contributed by atoms with van der Waals surface area (Å²) < 4.78 is 2.55. The van der Waals surface area contributed by atoms with E-state index in [-0.39, 0.29) is 0 Å². The van der Waals surface area contributed by atoms with Gasteiger partial charge in [-0.1, -0.05) is 0 Å². The van der Waals surface area contributed by atoms with E-state index in [1.165, 1.54) is 13.1 Å². The fraction of sp³-hybridized carbons (Fsp3) is 1.00. The maximum absolute atomic E-state index is 2.55. The Bertz CT molecular complexity index is 70.6. The van der Waals surface area contributed by atoms with Crippen LogP contribution in [0.3, 0.4) is 0 Å². The summed E-state index contributed by atoms with van der Waals surface area (Å²) in [6.07, 6.45) is 0. The Hall–Kier alpha value is 0.390. The Kier molecular flexibility index (Phi) is 1.13. The Morgan fingerprint density at radius 2 is 1.57 bits per heavy atom. The molecule has 1 nitrogen and oxygen atoms in total. The van der Waals surface area contributed by atoms with E-state index in [0.29, 0.717) is 0 Å². The summed E-state index contributed by atoms with van der Waals surface area (Å²) >= 11 is 0. The monoisotopic (exact) mass is 118 g/mol. The predicted octanol–water partition coefficient (Wildman–Crippen LogP) is 1.12. The van der Waals surface area contributed by atoms with Gasteiger partial charge < -0.3 is 0 Å². The first-order valence-corrected chi connectivity index (χ1v) is 5.76. The van der Waals surface area contributed by atoms with Crippen LogP contribution in [0.25, 0.3) is 0 Å². The molecule has 0 spiro atoms. The lowest BCUT2D eigenvalue weighted by Gasteiger charge is -2.09. The molecule has 1 fully saturated rings. The summed E-state index contributed by atoms with van der Waals surface area (Å²) in [5.74, 6) is 0. The molecular weight excluding hydrogens is 105 g/mol. The van der Waals surface area contributed by atoms with Crippen LogP contribution in [0.5, 0.6) is 0 Å². The Balaban J connectivity index is 2.36. The molecule has 0 N–H and O–H groups in total. The quantitative estimate of drug-likeness (QED) is 0.368. The third-order valence-electron chi connectivity index (χ3n) is 1.27. The van der Waals surface area contributed by atoms with Crippen LogP contribution < -0.4 is 0 Å². The van der Waals surface area contributed by atoms with Gasteiger partial charge in [-0.05, 0) is 0 Å². The standard InChI is InChI=1S/C5H13NP/c1-7(2,3)6-4-5-6/h4-5H2,1-3H3/q+1. The average Bonchev–Trinajstić information content (AvgIpc) is 1.99. The summed E-state index contributed by atoms with van der Waals surface area (Å²) in [5.41, 5.74) is 0. The molecule has 1 heterocycles. The van der Waals surface area contributed by atoms with Crippen molar-refractivity contribution >= 4 is 7.41 Å². The minimum absolute atomic E-state index is 0.543. The molecule has 0 bridgehead atoms. The summed E-state index contributed by atoms with van der Waals surface area (Å²) in [6, 6.07) is 0. The molecule has 1 rings (SSSR count). The lowest BCUT2D eigenvalue weighted by Crippen LogP contribution is -1.95. The molecule has 1 aliphatic rings. The number of nitrogens with zero attached hydrogens (tertiary/aromatic N) is 1. The van der Waals surface area contributed by atoms with Crippen LogP contribution in [0.1, 0.15) is 0 Å². The van der Waals surface area contributed by atoms with Gasteiger partial charge in [-0.3, -0.25) is 0 Å². The molecule has 0 aliphatic carbocycles.